The van der Waals surface area contributed by atoms with E-state index in [4.69, 9.17) is 9.47 Å². The number of carbonyl (C=O) groups excluding carboxylic acids is 2. The Hall–Kier alpha value is -3.00. The zero-order chi connectivity index (χ0) is 20.8. The smallest absolute Gasteiger partial charge is 0.339 e. The van der Waals surface area contributed by atoms with E-state index in [1.165, 1.54) is 22.2 Å². The zero-order valence-electron chi connectivity index (χ0n) is 16.3. The van der Waals surface area contributed by atoms with Crippen LogP contribution in [-0.2, 0) is 16.0 Å². The Morgan fingerprint density at radius 3 is 2.55 bits per heavy atom. The fourth-order valence-electron chi connectivity index (χ4n) is 2.77. The van der Waals surface area contributed by atoms with Crippen molar-refractivity contribution in [3.05, 3.63) is 63.0 Å². The summed E-state index contributed by atoms with van der Waals surface area (Å²) < 4.78 is 11.7. The summed E-state index contributed by atoms with van der Waals surface area (Å²) in [6.07, 6.45) is 3.16. The molecule has 0 aliphatic heterocycles. The van der Waals surface area contributed by atoms with Gasteiger partial charge in [0.1, 0.15) is 4.83 Å². The second-order valence-corrected chi connectivity index (χ2v) is 7.27. The summed E-state index contributed by atoms with van der Waals surface area (Å²) in [5, 5.41) is 1.90. The topological polar surface area (TPSA) is 87.5 Å². The van der Waals surface area contributed by atoms with Gasteiger partial charge in [-0.15, -0.1) is 11.3 Å². The summed E-state index contributed by atoms with van der Waals surface area (Å²) >= 11 is 1.24. The number of ether oxygens (including phenoxy) is 2. The molecule has 29 heavy (non-hydrogen) atoms. The van der Waals surface area contributed by atoms with Gasteiger partial charge in [0.25, 0.3) is 5.56 Å². The van der Waals surface area contributed by atoms with Gasteiger partial charge in [-0.1, -0.05) is 25.5 Å². The molecule has 0 spiro atoms. The molecule has 0 atom stereocenters. The molecule has 1 aromatic carbocycles. The van der Waals surface area contributed by atoms with E-state index >= 15 is 0 Å². The number of unbranched alkanes of at least 4 members (excludes halogenated alkanes) is 1. The van der Waals surface area contributed by atoms with Crippen LogP contribution in [0.3, 0.4) is 0 Å². The molecule has 3 aromatic rings. The summed E-state index contributed by atoms with van der Waals surface area (Å²) in [5.74, 6) is -0.885. The maximum atomic E-state index is 13.0. The highest BCUT2D eigenvalue weighted by atomic mass is 32.1. The van der Waals surface area contributed by atoms with Gasteiger partial charge >= 0.3 is 11.9 Å². The molecule has 0 fully saturated rings. The van der Waals surface area contributed by atoms with Gasteiger partial charge in [-0.05, 0) is 31.0 Å². The number of thiophene rings is 1. The predicted octanol–water partition coefficient (Wildman–Crippen LogP) is 3.64. The van der Waals surface area contributed by atoms with Crippen molar-refractivity contribution in [1.82, 2.24) is 9.55 Å². The predicted molar refractivity (Wildman–Crippen MR) is 111 cm³/mol. The highest BCUT2D eigenvalue weighted by Gasteiger charge is 2.18. The number of esters is 2. The average Bonchev–Trinajstić information content (AvgIpc) is 3.16. The number of aromatic nitrogens is 2. The van der Waals surface area contributed by atoms with E-state index in [1.54, 1.807) is 36.6 Å². The SMILES string of the molecule is CCCCOC(=O)c1csc2ncn(Cc3ccc(C(=O)OCC)cc3)c(=O)c12. The maximum Gasteiger partial charge on any atom is 0.339 e. The molecule has 0 aliphatic carbocycles. The Morgan fingerprint density at radius 1 is 1.10 bits per heavy atom. The molecule has 2 heterocycles. The lowest BCUT2D eigenvalue weighted by atomic mass is 10.1. The molecule has 7 nitrogen and oxygen atoms in total. The maximum absolute atomic E-state index is 13.0. The molecule has 2 aromatic heterocycles. The summed E-state index contributed by atoms with van der Waals surface area (Å²) in [6.45, 7) is 4.67. The van der Waals surface area contributed by atoms with Crippen molar-refractivity contribution in [3.63, 3.8) is 0 Å². The number of hydrogen-bond acceptors (Lipinski definition) is 7. The Kier molecular flexibility index (Phi) is 6.77. The largest absolute Gasteiger partial charge is 0.462 e. The molecule has 0 saturated heterocycles. The van der Waals surface area contributed by atoms with Crippen LogP contribution in [0.25, 0.3) is 10.2 Å². The van der Waals surface area contributed by atoms with E-state index in [0.717, 1.165) is 18.4 Å². The zero-order valence-corrected chi connectivity index (χ0v) is 17.2. The van der Waals surface area contributed by atoms with Crippen molar-refractivity contribution < 1.29 is 19.1 Å². The van der Waals surface area contributed by atoms with Crippen molar-refractivity contribution in [1.29, 1.82) is 0 Å². The van der Waals surface area contributed by atoms with Crippen LogP contribution in [0.2, 0.25) is 0 Å². The molecular formula is C21H22N2O5S. The van der Waals surface area contributed by atoms with E-state index in [9.17, 15) is 14.4 Å². The third-order valence-electron chi connectivity index (χ3n) is 4.33. The minimum absolute atomic E-state index is 0.255. The third-order valence-corrected chi connectivity index (χ3v) is 5.22. The first-order valence-corrected chi connectivity index (χ1v) is 10.3. The molecule has 0 radical (unpaired) electrons. The lowest BCUT2D eigenvalue weighted by molar-refractivity contribution is 0.0499. The van der Waals surface area contributed by atoms with Crippen LogP contribution in [0, 0.1) is 0 Å². The molecular weight excluding hydrogens is 392 g/mol. The fraction of sp³-hybridized carbons (Fsp3) is 0.333. The van der Waals surface area contributed by atoms with Gasteiger partial charge in [0.05, 0.1) is 42.6 Å². The first kappa shape index (κ1) is 20.7. The van der Waals surface area contributed by atoms with E-state index < -0.39 is 5.97 Å². The van der Waals surface area contributed by atoms with Crippen LogP contribution in [0.15, 0.2) is 40.8 Å². The molecule has 0 aliphatic rings. The fourth-order valence-corrected chi connectivity index (χ4v) is 3.64. The molecule has 0 N–H and O–H groups in total. The van der Waals surface area contributed by atoms with Gasteiger partial charge in [-0.25, -0.2) is 14.6 Å². The normalized spacial score (nSPS) is 10.8. The average molecular weight is 414 g/mol. The number of hydrogen-bond donors (Lipinski definition) is 0. The summed E-state index contributed by atoms with van der Waals surface area (Å²) in [5.41, 5.74) is 1.23. The minimum atomic E-state index is -0.500. The lowest BCUT2D eigenvalue weighted by Crippen LogP contribution is -2.22. The highest BCUT2D eigenvalue weighted by molar-refractivity contribution is 7.17. The van der Waals surface area contributed by atoms with E-state index in [0.29, 0.717) is 23.6 Å². The van der Waals surface area contributed by atoms with Gasteiger partial charge in [-0.2, -0.15) is 0 Å². The van der Waals surface area contributed by atoms with Crippen LogP contribution < -0.4 is 5.56 Å². The Balaban J connectivity index is 1.84. The van der Waals surface area contributed by atoms with Crippen molar-refractivity contribution in [2.45, 2.75) is 33.2 Å². The van der Waals surface area contributed by atoms with E-state index in [1.807, 2.05) is 6.92 Å². The molecule has 0 amide bonds. The van der Waals surface area contributed by atoms with Crippen molar-refractivity contribution in [2.75, 3.05) is 13.2 Å². The van der Waals surface area contributed by atoms with Gasteiger partial charge in [0.15, 0.2) is 0 Å². The molecule has 8 heteroatoms. The van der Waals surface area contributed by atoms with Crippen LogP contribution in [-0.4, -0.2) is 34.7 Å². The molecule has 0 saturated carbocycles. The quantitative estimate of drug-likeness (QED) is 0.413. The van der Waals surface area contributed by atoms with Gasteiger partial charge in [-0.3, -0.25) is 9.36 Å². The van der Waals surface area contributed by atoms with Crippen LogP contribution in [0.1, 0.15) is 53.0 Å². The first-order chi connectivity index (χ1) is 14.0. The second-order valence-electron chi connectivity index (χ2n) is 6.41. The number of carbonyl (C=O) groups is 2. The molecule has 0 unspecified atom stereocenters. The van der Waals surface area contributed by atoms with Crippen LogP contribution in [0.4, 0.5) is 0 Å². The summed E-state index contributed by atoms with van der Waals surface area (Å²) in [7, 11) is 0. The van der Waals surface area contributed by atoms with Gasteiger partial charge in [0.2, 0.25) is 0 Å². The van der Waals surface area contributed by atoms with E-state index in [-0.39, 0.29) is 29.0 Å². The lowest BCUT2D eigenvalue weighted by Gasteiger charge is -2.08. The first-order valence-electron chi connectivity index (χ1n) is 9.45. The van der Waals surface area contributed by atoms with Crippen LogP contribution in [0.5, 0.6) is 0 Å². The Labute approximate surface area is 171 Å². The number of nitrogens with zero attached hydrogens (tertiary/aromatic N) is 2. The van der Waals surface area contributed by atoms with Crippen molar-refractivity contribution in [3.8, 4) is 0 Å². The Morgan fingerprint density at radius 2 is 1.86 bits per heavy atom. The highest BCUT2D eigenvalue weighted by Crippen LogP contribution is 2.22. The Bertz CT molecular complexity index is 1070. The minimum Gasteiger partial charge on any atom is -0.462 e. The number of benzene rings is 1. The number of rotatable bonds is 8. The van der Waals surface area contributed by atoms with Gasteiger partial charge < -0.3 is 9.47 Å². The molecule has 3 rings (SSSR count). The summed E-state index contributed by atoms with van der Waals surface area (Å²) in [6, 6.07) is 6.84. The monoisotopic (exact) mass is 414 g/mol. The van der Waals surface area contributed by atoms with Gasteiger partial charge in [0, 0.05) is 5.38 Å². The standard InChI is InChI=1S/C21H22N2O5S/c1-3-5-10-28-21(26)16-12-29-18-17(16)19(24)23(13-22-18)11-14-6-8-15(9-7-14)20(25)27-4-2/h6-9,12-13H,3-5,10-11H2,1-2H3. The third kappa shape index (κ3) is 4.71. The van der Waals surface area contributed by atoms with Crippen molar-refractivity contribution >= 4 is 33.5 Å². The van der Waals surface area contributed by atoms with Crippen LogP contribution >= 0.6 is 11.3 Å². The molecule has 0 bridgehead atoms. The van der Waals surface area contributed by atoms with E-state index in [2.05, 4.69) is 4.98 Å². The number of fused-ring (bicyclic) bond motifs is 1. The van der Waals surface area contributed by atoms with Crippen molar-refractivity contribution in [2.24, 2.45) is 0 Å². The summed E-state index contributed by atoms with van der Waals surface area (Å²) in [4.78, 5) is 41.9. The molecule has 152 valence electrons. The second kappa shape index (κ2) is 9.47.